The van der Waals surface area contributed by atoms with Gasteiger partial charge in [0.15, 0.2) is 0 Å². The zero-order valence-corrected chi connectivity index (χ0v) is 13.1. The zero-order chi connectivity index (χ0) is 14.7. The van der Waals surface area contributed by atoms with Gasteiger partial charge in [-0.1, -0.05) is 6.92 Å². The highest BCUT2D eigenvalue weighted by Crippen LogP contribution is 2.23. The second-order valence-electron chi connectivity index (χ2n) is 5.94. The van der Waals surface area contributed by atoms with Crippen LogP contribution in [-0.2, 0) is 0 Å². The van der Waals surface area contributed by atoms with Gasteiger partial charge in [-0.3, -0.25) is 4.90 Å². The van der Waals surface area contributed by atoms with E-state index in [4.69, 9.17) is 0 Å². The Morgan fingerprint density at radius 2 is 1.90 bits per heavy atom. The zero-order valence-electron chi connectivity index (χ0n) is 13.1. The van der Waals surface area contributed by atoms with Crippen molar-refractivity contribution < 1.29 is 5.11 Å². The van der Waals surface area contributed by atoms with Crippen molar-refractivity contribution in [3.05, 3.63) is 23.4 Å². The Morgan fingerprint density at radius 1 is 1.25 bits per heavy atom. The van der Waals surface area contributed by atoms with Gasteiger partial charge in [-0.25, -0.2) is 4.98 Å². The minimum atomic E-state index is -0.394. The average Bonchev–Trinajstić information content (AvgIpc) is 2.46. The number of aromatic nitrogens is 1. The standard InChI is InChI=1S/C16H27N3O/c1-5-15(20)14-11-17-16(10-13(14)4)19-8-6-18(7-9-19)12(2)3/h10-12,15,20H,5-9H2,1-4H3. The second-order valence-corrected chi connectivity index (χ2v) is 5.94. The molecule has 1 aliphatic heterocycles. The lowest BCUT2D eigenvalue weighted by molar-refractivity contribution is 0.172. The third kappa shape index (κ3) is 3.30. The summed E-state index contributed by atoms with van der Waals surface area (Å²) in [6, 6.07) is 2.73. The molecule has 20 heavy (non-hydrogen) atoms. The summed E-state index contributed by atoms with van der Waals surface area (Å²) in [6.07, 6.45) is 2.18. The van der Waals surface area contributed by atoms with Gasteiger partial charge in [0.1, 0.15) is 5.82 Å². The number of aryl methyl sites for hydroxylation is 1. The Morgan fingerprint density at radius 3 is 2.40 bits per heavy atom. The van der Waals surface area contributed by atoms with Crippen LogP contribution in [0.4, 0.5) is 5.82 Å². The summed E-state index contributed by atoms with van der Waals surface area (Å²) in [6.45, 7) is 12.8. The molecule has 2 heterocycles. The van der Waals surface area contributed by atoms with Gasteiger partial charge in [0.2, 0.25) is 0 Å². The van der Waals surface area contributed by atoms with E-state index in [9.17, 15) is 5.11 Å². The number of hydrogen-bond donors (Lipinski definition) is 1. The molecule has 1 fully saturated rings. The molecule has 4 heteroatoms. The first-order valence-electron chi connectivity index (χ1n) is 7.66. The van der Waals surface area contributed by atoms with E-state index in [1.807, 2.05) is 13.1 Å². The van der Waals surface area contributed by atoms with E-state index >= 15 is 0 Å². The lowest BCUT2D eigenvalue weighted by Gasteiger charge is -2.37. The number of piperazine rings is 1. The Labute approximate surface area is 122 Å². The third-order valence-electron chi connectivity index (χ3n) is 4.25. The van der Waals surface area contributed by atoms with Crippen LogP contribution in [0.25, 0.3) is 0 Å². The number of pyridine rings is 1. The lowest BCUT2D eigenvalue weighted by Crippen LogP contribution is -2.49. The van der Waals surface area contributed by atoms with Crippen LogP contribution < -0.4 is 4.90 Å². The quantitative estimate of drug-likeness (QED) is 0.917. The summed E-state index contributed by atoms with van der Waals surface area (Å²) in [4.78, 5) is 9.39. The van der Waals surface area contributed by atoms with E-state index in [0.717, 1.165) is 49.5 Å². The minimum Gasteiger partial charge on any atom is -0.388 e. The molecule has 112 valence electrons. The second kappa shape index (κ2) is 6.55. The van der Waals surface area contributed by atoms with Crippen molar-refractivity contribution in [1.82, 2.24) is 9.88 Å². The molecule has 1 atom stereocenters. The van der Waals surface area contributed by atoms with E-state index in [1.165, 1.54) is 0 Å². The maximum Gasteiger partial charge on any atom is 0.128 e. The summed E-state index contributed by atoms with van der Waals surface area (Å²) < 4.78 is 0. The fraction of sp³-hybridized carbons (Fsp3) is 0.688. The summed E-state index contributed by atoms with van der Waals surface area (Å²) in [5, 5.41) is 9.95. The molecule has 1 aromatic rings. The summed E-state index contributed by atoms with van der Waals surface area (Å²) in [5.74, 6) is 1.04. The van der Waals surface area contributed by atoms with Gasteiger partial charge >= 0.3 is 0 Å². The van der Waals surface area contributed by atoms with Crippen molar-refractivity contribution in [3.8, 4) is 0 Å². The first kappa shape index (κ1) is 15.3. The van der Waals surface area contributed by atoms with Crippen LogP contribution in [0.15, 0.2) is 12.3 Å². The van der Waals surface area contributed by atoms with Gasteiger partial charge in [0.05, 0.1) is 6.10 Å². The van der Waals surface area contributed by atoms with Crippen LogP contribution in [0.2, 0.25) is 0 Å². The van der Waals surface area contributed by atoms with E-state index < -0.39 is 6.10 Å². The van der Waals surface area contributed by atoms with Gasteiger partial charge in [0.25, 0.3) is 0 Å². The van der Waals surface area contributed by atoms with Crippen LogP contribution >= 0.6 is 0 Å². The number of rotatable bonds is 4. The van der Waals surface area contributed by atoms with E-state index in [0.29, 0.717) is 6.04 Å². The minimum absolute atomic E-state index is 0.394. The highest BCUT2D eigenvalue weighted by molar-refractivity contribution is 5.44. The van der Waals surface area contributed by atoms with Crippen molar-refractivity contribution in [2.75, 3.05) is 31.1 Å². The number of aliphatic hydroxyl groups excluding tert-OH is 1. The molecule has 0 aliphatic carbocycles. The number of aliphatic hydroxyl groups is 1. The van der Waals surface area contributed by atoms with Gasteiger partial charge in [-0.15, -0.1) is 0 Å². The normalized spacial score (nSPS) is 18.6. The third-order valence-corrected chi connectivity index (χ3v) is 4.25. The van der Waals surface area contributed by atoms with Crippen LogP contribution in [0, 0.1) is 6.92 Å². The maximum atomic E-state index is 9.95. The summed E-state index contributed by atoms with van der Waals surface area (Å²) in [7, 11) is 0. The van der Waals surface area contributed by atoms with Crippen LogP contribution in [0.5, 0.6) is 0 Å². The van der Waals surface area contributed by atoms with Crippen LogP contribution in [0.1, 0.15) is 44.4 Å². The monoisotopic (exact) mass is 277 g/mol. The van der Waals surface area contributed by atoms with Crippen molar-refractivity contribution in [3.63, 3.8) is 0 Å². The van der Waals surface area contributed by atoms with Gasteiger partial charge in [-0.2, -0.15) is 0 Å². The van der Waals surface area contributed by atoms with Crippen LogP contribution in [0.3, 0.4) is 0 Å². The predicted octanol–water partition coefficient (Wildman–Crippen LogP) is 2.36. The largest absolute Gasteiger partial charge is 0.388 e. The fourth-order valence-corrected chi connectivity index (χ4v) is 2.76. The first-order valence-corrected chi connectivity index (χ1v) is 7.66. The molecule has 0 radical (unpaired) electrons. The van der Waals surface area contributed by atoms with Crippen molar-refractivity contribution in [2.45, 2.75) is 46.3 Å². The molecule has 0 aromatic carbocycles. The molecule has 1 unspecified atom stereocenters. The van der Waals surface area contributed by atoms with Crippen molar-refractivity contribution >= 4 is 5.82 Å². The smallest absolute Gasteiger partial charge is 0.128 e. The van der Waals surface area contributed by atoms with E-state index in [1.54, 1.807) is 0 Å². The fourth-order valence-electron chi connectivity index (χ4n) is 2.76. The molecule has 4 nitrogen and oxygen atoms in total. The molecule has 1 aromatic heterocycles. The summed E-state index contributed by atoms with van der Waals surface area (Å²) >= 11 is 0. The van der Waals surface area contributed by atoms with Crippen molar-refractivity contribution in [1.29, 1.82) is 0 Å². The Hall–Kier alpha value is -1.13. The molecule has 0 spiro atoms. The van der Waals surface area contributed by atoms with Gasteiger partial charge in [0, 0.05) is 44.0 Å². The highest BCUT2D eigenvalue weighted by Gasteiger charge is 2.20. The molecule has 0 amide bonds. The topological polar surface area (TPSA) is 39.6 Å². The van der Waals surface area contributed by atoms with Crippen molar-refractivity contribution in [2.24, 2.45) is 0 Å². The SMILES string of the molecule is CCC(O)c1cnc(N2CCN(C(C)C)CC2)cc1C. The van der Waals surface area contributed by atoms with Gasteiger partial charge in [-0.05, 0) is 38.8 Å². The molecule has 1 saturated heterocycles. The van der Waals surface area contributed by atoms with E-state index in [2.05, 4.69) is 41.6 Å². The molecular weight excluding hydrogens is 250 g/mol. The molecular formula is C16H27N3O. The molecule has 2 rings (SSSR count). The summed E-state index contributed by atoms with van der Waals surface area (Å²) in [5.41, 5.74) is 2.09. The number of hydrogen-bond acceptors (Lipinski definition) is 4. The van der Waals surface area contributed by atoms with E-state index in [-0.39, 0.29) is 0 Å². The predicted molar refractivity (Wildman–Crippen MR) is 83.1 cm³/mol. The Bertz CT molecular complexity index is 439. The lowest BCUT2D eigenvalue weighted by atomic mass is 10.0. The van der Waals surface area contributed by atoms with Gasteiger partial charge < -0.3 is 10.0 Å². The molecule has 0 saturated carbocycles. The first-order chi connectivity index (χ1) is 9.52. The Kier molecular flexibility index (Phi) is 5.00. The number of nitrogens with zero attached hydrogens (tertiary/aromatic N) is 3. The average molecular weight is 277 g/mol. The molecule has 0 bridgehead atoms. The molecule has 1 aliphatic rings. The number of anilines is 1. The van der Waals surface area contributed by atoms with Crippen LogP contribution in [-0.4, -0.2) is 47.2 Å². The maximum absolute atomic E-state index is 9.95. The highest BCUT2D eigenvalue weighted by atomic mass is 16.3. The Balaban J connectivity index is 2.06. The molecule has 1 N–H and O–H groups in total.